The Labute approximate surface area is 181 Å². The van der Waals surface area contributed by atoms with Crippen LogP contribution in [0.1, 0.15) is 64.2 Å². The second-order valence-electron chi connectivity index (χ2n) is 9.48. The van der Waals surface area contributed by atoms with Gasteiger partial charge in [0, 0.05) is 25.7 Å². The van der Waals surface area contributed by atoms with Gasteiger partial charge in [-0.25, -0.2) is 0 Å². The van der Waals surface area contributed by atoms with Gasteiger partial charge in [-0.1, -0.05) is 12.8 Å². The van der Waals surface area contributed by atoms with E-state index < -0.39 is 0 Å². The largest absolute Gasteiger partial charge is 0.354 e. The van der Waals surface area contributed by atoms with Crippen LogP contribution < -0.4 is 10.6 Å². The SMILES string of the molecule is Cl.O=C(NCC1CCCN(CC(=O)N2CCCC3CCCCC32)C1)C1CCCN1. The fourth-order valence-electron chi connectivity index (χ4n) is 5.95. The van der Waals surface area contributed by atoms with Crippen molar-refractivity contribution in [2.75, 3.05) is 39.3 Å². The molecule has 1 saturated carbocycles. The average molecular weight is 427 g/mol. The van der Waals surface area contributed by atoms with Gasteiger partial charge < -0.3 is 15.5 Å². The molecule has 2 amide bonds. The number of nitrogens with zero attached hydrogens (tertiary/aromatic N) is 2. The van der Waals surface area contributed by atoms with Gasteiger partial charge in [-0.3, -0.25) is 14.5 Å². The Morgan fingerprint density at radius 3 is 2.55 bits per heavy atom. The number of hydrogen-bond acceptors (Lipinski definition) is 4. The lowest BCUT2D eigenvalue weighted by Gasteiger charge is -2.45. The molecule has 4 unspecified atom stereocenters. The van der Waals surface area contributed by atoms with Crippen LogP contribution in [0.15, 0.2) is 0 Å². The minimum Gasteiger partial charge on any atom is -0.354 e. The van der Waals surface area contributed by atoms with Crippen molar-refractivity contribution in [1.82, 2.24) is 20.4 Å². The molecule has 7 heteroatoms. The third kappa shape index (κ3) is 5.86. The molecule has 0 aromatic rings. The monoisotopic (exact) mass is 426 g/mol. The van der Waals surface area contributed by atoms with Crippen LogP contribution in [0.3, 0.4) is 0 Å². The summed E-state index contributed by atoms with van der Waals surface area (Å²) >= 11 is 0. The van der Waals surface area contributed by atoms with Gasteiger partial charge >= 0.3 is 0 Å². The number of carbonyl (C=O) groups excluding carboxylic acids is 2. The van der Waals surface area contributed by atoms with Crippen molar-refractivity contribution >= 4 is 24.2 Å². The third-order valence-corrected chi connectivity index (χ3v) is 7.47. The molecule has 0 radical (unpaired) electrons. The standard InChI is InChI=1S/C22H38N4O2.ClH/c27-21(26-13-5-8-18-7-1-2-10-20(18)26)16-25-12-4-6-17(15-25)14-24-22(28)19-9-3-11-23-19;/h17-20,23H,1-16H2,(H,24,28);1H. The Bertz CT molecular complexity index is 553. The molecule has 0 aromatic carbocycles. The second kappa shape index (κ2) is 11.0. The maximum Gasteiger partial charge on any atom is 0.237 e. The highest BCUT2D eigenvalue weighted by Crippen LogP contribution is 2.35. The van der Waals surface area contributed by atoms with E-state index in [9.17, 15) is 9.59 Å². The molecule has 1 aliphatic carbocycles. The van der Waals surface area contributed by atoms with E-state index in [-0.39, 0.29) is 24.4 Å². The zero-order valence-electron chi connectivity index (χ0n) is 17.7. The van der Waals surface area contributed by atoms with Crippen LogP contribution in [0, 0.1) is 11.8 Å². The molecule has 4 rings (SSSR count). The molecule has 29 heavy (non-hydrogen) atoms. The van der Waals surface area contributed by atoms with Crippen LogP contribution >= 0.6 is 12.4 Å². The number of carbonyl (C=O) groups is 2. The Hall–Kier alpha value is -0.850. The van der Waals surface area contributed by atoms with E-state index in [2.05, 4.69) is 20.4 Å². The quantitative estimate of drug-likeness (QED) is 0.707. The fraction of sp³-hybridized carbons (Fsp3) is 0.909. The molecule has 4 atom stereocenters. The van der Waals surface area contributed by atoms with Crippen molar-refractivity contribution in [2.45, 2.75) is 76.3 Å². The molecule has 4 aliphatic rings. The Morgan fingerprint density at radius 1 is 0.931 bits per heavy atom. The summed E-state index contributed by atoms with van der Waals surface area (Å²) in [4.78, 5) is 29.9. The van der Waals surface area contributed by atoms with E-state index in [0.717, 1.165) is 64.3 Å². The number of piperidine rings is 2. The normalized spacial score (nSPS) is 32.9. The Kier molecular flexibility index (Phi) is 8.63. The highest BCUT2D eigenvalue weighted by molar-refractivity contribution is 5.85. The van der Waals surface area contributed by atoms with Crippen LogP contribution in [0.5, 0.6) is 0 Å². The van der Waals surface area contributed by atoms with E-state index in [1.165, 1.54) is 38.5 Å². The molecular weight excluding hydrogens is 388 g/mol. The van der Waals surface area contributed by atoms with Gasteiger partial charge in [0.15, 0.2) is 0 Å². The maximum atomic E-state index is 13.1. The van der Waals surface area contributed by atoms with E-state index in [4.69, 9.17) is 0 Å². The summed E-state index contributed by atoms with van der Waals surface area (Å²) in [7, 11) is 0. The molecule has 0 spiro atoms. The average Bonchev–Trinajstić information content (AvgIpc) is 3.27. The van der Waals surface area contributed by atoms with Crippen molar-refractivity contribution in [3.63, 3.8) is 0 Å². The molecular formula is C22H39ClN4O2. The van der Waals surface area contributed by atoms with Gasteiger partial charge in [0.1, 0.15) is 0 Å². The third-order valence-electron chi connectivity index (χ3n) is 7.47. The lowest BCUT2D eigenvalue weighted by atomic mass is 9.78. The first-order chi connectivity index (χ1) is 13.7. The van der Waals surface area contributed by atoms with E-state index in [1.807, 2.05) is 0 Å². The number of hydrogen-bond donors (Lipinski definition) is 2. The lowest BCUT2D eigenvalue weighted by molar-refractivity contribution is -0.139. The van der Waals surface area contributed by atoms with Gasteiger partial charge in [0.25, 0.3) is 0 Å². The summed E-state index contributed by atoms with van der Waals surface area (Å²) in [5, 5.41) is 6.41. The Morgan fingerprint density at radius 2 is 1.72 bits per heavy atom. The predicted molar refractivity (Wildman–Crippen MR) is 117 cm³/mol. The summed E-state index contributed by atoms with van der Waals surface area (Å²) in [6.07, 6.45) is 12.0. The first-order valence-electron chi connectivity index (χ1n) is 11.7. The topological polar surface area (TPSA) is 64.7 Å². The highest BCUT2D eigenvalue weighted by Gasteiger charge is 2.36. The van der Waals surface area contributed by atoms with E-state index in [0.29, 0.717) is 24.4 Å². The number of fused-ring (bicyclic) bond motifs is 1. The maximum absolute atomic E-state index is 13.1. The molecule has 3 heterocycles. The summed E-state index contributed by atoms with van der Waals surface area (Å²) in [6, 6.07) is 0.512. The molecule has 4 fully saturated rings. The van der Waals surface area contributed by atoms with Crippen molar-refractivity contribution in [3.8, 4) is 0 Å². The predicted octanol–water partition coefficient (Wildman–Crippen LogP) is 2.17. The van der Waals surface area contributed by atoms with Crippen LogP contribution in [0.4, 0.5) is 0 Å². The van der Waals surface area contributed by atoms with Crippen molar-refractivity contribution < 1.29 is 9.59 Å². The lowest BCUT2D eigenvalue weighted by Crippen LogP contribution is -2.53. The number of nitrogens with one attached hydrogen (secondary N) is 2. The number of amides is 2. The molecule has 2 N–H and O–H groups in total. The molecule has 6 nitrogen and oxygen atoms in total. The molecule has 0 aromatic heterocycles. The van der Waals surface area contributed by atoms with E-state index >= 15 is 0 Å². The van der Waals surface area contributed by atoms with E-state index in [1.54, 1.807) is 0 Å². The smallest absolute Gasteiger partial charge is 0.237 e. The first-order valence-corrected chi connectivity index (χ1v) is 11.7. The summed E-state index contributed by atoms with van der Waals surface area (Å²) in [5.41, 5.74) is 0. The summed E-state index contributed by atoms with van der Waals surface area (Å²) < 4.78 is 0. The van der Waals surface area contributed by atoms with Crippen LogP contribution in [0.25, 0.3) is 0 Å². The van der Waals surface area contributed by atoms with Crippen LogP contribution in [-0.2, 0) is 9.59 Å². The van der Waals surface area contributed by atoms with Crippen LogP contribution in [-0.4, -0.2) is 73.0 Å². The van der Waals surface area contributed by atoms with Crippen molar-refractivity contribution in [1.29, 1.82) is 0 Å². The summed E-state index contributed by atoms with van der Waals surface area (Å²) in [5.74, 6) is 1.72. The Balaban J connectivity index is 0.00000240. The fourth-order valence-corrected chi connectivity index (χ4v) is 5.95. The zero-order chi connectivity index (χ0) is 19.3. The first kappa shape index (κ1) is 22.8. The molecule has 3 saturated heterocycles. The minimum atomic E-state index is 0. The molecule has 0 bridgehead atoms. The second-order valence-corrected chi connectivity index (χ2v) is 9.48. The van der Waals surface area contributed by atoms with Gasteiger partial charge in [-0.2, -0.15) is 0 Å². The van der Waals surface area contributed by atoms with Crippen LogP contribution in [0.2, 0.25) is 0 Å². The highest BCUT2D eigenvalue weighted by atomic mass is 35.5. The van der Waals surface area contributed by atoms with Gasteiger partial charge in [0.05, 0.1) is 12.6 Å². The van der Waals surface area contributed by atoms with Gasteiger partial charge in [0.2, 0.25) is 11.8 Å². The van der Waals surface area contributed by atoms with Gasteiger partial charge in [-0.15, -0.1) is 12.4 Å². The summed E-state index contributed by atoms with van der Waals surface area (Å²) in [6.45, 7) is 5.18. The number of halogens is 1. The molecule has 166 valence electrons. The van der Waals surface area contributed by atoms with Crippen molar-refractivity contribution in [2.24, 2.45) is 11.8 Å². The zero-order valence-corrected chi connectivity index (χ0v) is 18.6. The van der Waals surface area contributed by atoms with Gasteiger partial charge in [-0.05, 0) is 76.3 Å². The van der Waals surface area contributed by atoms with Crippen molar-refractivity contribution in [3.05, 3.63) is 0 Å². The number of likely N-dealkylation sites (tertiary alicyclic amines) is 2. The number of rotatable bonds is 5. The molecule has 3 aliphatic heterocycles. The minimum absolute atomic E-state index is 0.